The van der Waals surface area contributed by atoms with Gasteiger partial charge in [0.1, 0.15) is 5.75 Å². The molecule has 0 aromatic heterocycles. The highest BCUT2D eigenvalue weighted by molar-refractivity contribution is 9.11. The second-order valence-corrected chi connectivity index (χ2v) is 7.56. The fraction of sp³-hybridized carbons (Fsp3) is 0.188. The van der Waals surface area contributed by atoms with Crippen LogP contribution in [0.5, 0.6) is 5.75 Å². The van der Waals surface area contributed by atoms with E-state index in [4.69, 9.17) is 4.74 Å². The van der Waals surface area contributed by atoms with Crippen molar-refractivity contribution >= 4 is 53.6 Å². The van der Waals surface area contributed by atoms with E-state index in [9.17, 15) is 4.79 Å². The largest absolute Gasteiger partial charge is 0.493 e. The molecule has 2 aromatic rings. The number of hydrogen-bond acceptors (Lipinski definition) is 2. The monoisotopic (exact) mass is 472 g/mol. The van der Waals surface area contributed by atoms with Crippen LogP contribution in [-0.2, 0) is 12.8 Å². The van der Waals surface area contributed by atoms with Gasteiger partial charge in [-0.3, -0.25) is 4.79 Å². The second kappa shape index (κ2) is 6.23. The lowest BCUT2D eigenvalue weighted by Crippen LogP contribution is -2.06. The number of ether oxygens (including phenoxy) is 1. The van der Waals surface area contributed by atoms with Gasteiger partial charge in [0.15, 0.2) is 5.78 Å². The summed E-state index contributed by atoms with van der Waals surface area (Å²) in [7, 11) is 0. The molecule has 0 N–H and O–H groups in total. The van der Waals surface area contributed by atoms with Crippen LogP contribution in [0.25, 0.3) is 0 Å². The molecule has 1 aliphatic rings. The third-order valence-electron chi connectivity index (χ3n) is 3.41. The van der Waals surface area contributed by atoms with Gasteiger partial charge in [-0.2, -0.15) is 0 Å². The maximum absolute atomic E-state index is 12.6. The maximum Gasteiger partial charge on any atom is 0.168 e. The number of ketones is 1. The molecule has 0 aliphatic carbocycles. The molecule has 1 heterocycles. The highest BCUT2D eigenvalue weighted by atomic mass is 79.9. The van der Waals surface area contributed by atoms with Gasteiger partial charge in [0.05, 0.1) is 6.61 Å². The van der Waals surface area contributed by atoms with Crippen molar-refractivity contribution in [2.45, 2.75) is 12.8 Å². The highest BCUT2D eigenvalue weighted by Crippen LogP contribution is 2.34. The Morgan fingerprint density at radius 2 is 1.90 bits per heavy atom. The number of benzene rings is 2. The van der Waals surface area contributed by atoms with Crippen LogP contribution in [0.1, 0.15) is 21.5 Å². The smallest absolute Gasteiger partial charge is 0.168 e. The van der Waals surface area contributed by atoms with Crippen molar-refractivity contribution in [2.75, 3.05) is 6.61 Å². The molecule has 0 spiro atoms. The van der Waals surface area contributed by atoms with Crippen LogP contribution in [0, 0.1) is 0 Å². The lowest BCUT2D eigenvalue weighted by Gasteiger charge is -2.10. The standard InChI is InChI=1S/C16H11Br3O2/c17-11-1-2-14(19)13(8-11)15(20)7-10-6-12(18)5-9-3-4-21-16(9)10/h1-2,5-6,8H,3-4,7H2. The van der Waals surface area contributed by atoms with Crippen LogP contribution in [0.3, 0.4) is 0 Å². The number of carbonyl (C=O) groups is 1. The van der Waals surface area contributed by atoms with E-state index in [1.165, 1.54) is 5.56 Å². The Morgan fingerprint density at radius 1 is 1.10 bits per heavy atom. The molecule has 2 aromatic carbocycles. The predicted octanol–water partition coefficient (Wildman–Crippen LogP) is 5.33. The first kappa shape index (κ1) is 15.3. The summed E-state index contributed by atoms with van der Waals surface area (Å²) < 4.78 is 8.37. The summed E-state index contributed by atoms with van der Waals surface area (Å²) in [4.78, 5) is 12.6. The zero-order valence-electron chi connectivity index (χ0n) is 11.0. The van der Waals surface area contributed by atoms with Crippen LogP contribution in [0.2, 0.25) is 0 Å². The molecule has 0 saturated carbocycles. The first-order valence-electron chi connectivity index (χ1n) is 6.47. The second-order valence-electron chi connectivity index (χ2n) is 4.88. The fourth-order valence-corrected chi connectivity index (χ4v) is 3.84. The van der Waals surface area contributed by atoms with E-state index >= 15 is 0 Å². The topological polar surface area (TPSA) is 26.3 Å². The Morgan fingerprint density at radius 3 is 2.71 bits per heavy atom. The van der Waals surface area contributed by atoms with Crippen molar-refractivity contribution in [2.24, 2.45) is 0 Å². The molecular weight excluding hydrogens is 464 g/mol. The number of carbonyl (C=O) groups excluding carboxylic acids is 1. The summed E-state index contributed by atoms with van der Waals surface area (Å²) in [5.41, 5.74) is 2.78. The maximum atomic E-state index is 12.6. The summed E-state index contributed by atoms with van der Waals surface area (Å²) in [6.07, 6.45) is 1.23. The lowest BCUT2D eigenvalue weighted by molar-refractivity contribution is 0.0991. The van der Waals surface area contributed by atoms with E-state index in [1.54, 1.807) is 0 Å². The number of rotatable bonds is 3. The van der Waals surface area contributed by atoms with Gasteiger partial charge in [0, 0.05) is 37.4 Å². The molecule has 2 nitrogen and oxygen atoms in total. The zero-order valence-corrected chi connectivity index (χ0v) is 15.7. The molecule has 0 amide bonds. The molecule has 5 heteroatoms. The van der Waals surface area contributed by atoms with Crippen LogP contribution in [0.15, 0.2) is 43.7 Å². The van der Waals surface area contributed by atoms with E-state index in [2.05, 4.69) is 53.9 Å². The number of fused-ring (bicyclic) bond motifs is 1. The molecule has 0 atom stereocenters. The van der Waals surface area contributed by atoms with Gasteiger partial charge in [-0.05, 0) is 35.9 Å². The summed E-state index contributed by atoms with van der Waals surface area (Å²) >= 11 is 10.3. The highest BCUT2D eigenvalue weighted by Gasteiger charge is 2.20. The Labute approximate surface area is 148 Å². The van der Waals surface area contributed by atoms with E-state index in [-0.39, 0.29) is 5.78 Å². The van der Waals surface area contributed by atoms with Gasteiger partial charge in [-0.25, -0.2) is 0 Å². The Balaban J connectivity index is 1.94. The van der Waals surface area contributed by atoms with E-state index in [0.717, 1.165) is 31.2 Å². The molecular formula is C16H11Br3O2. The average Bonchev–Trinajstić information content (AvgIpc) is 2.89. The molecule has 0 unspecified atom stereocenters. The van der Waals surface area contributed by atoms with Crippen LogP contribution >= 0.6 is 47.8 Å². The van der Waals surface area contributed by atoms with Gasteiger partial charge in [0.25, 0.3) is 0 Å². The van der Waals surface area contributed by atoms with Crippen molar-refractivity contribution in [1.82, 2.24) is 0 Å². The molecule has 0 bridgehead atoms. The Kier molecular flexibility index (Phi) is 4.52. The quantitative estimate of drug-likeness (QED) is 0.562. The number of halogens is 3. The first-order chi connectivity index (χ1) is 10.0. The number of hydrogen-bond donors (Lipinski definition) is 0. The van der Waals surface area contributed by atoms with Gasteiger partial charge >= 0.3 is 0 Å². The van der Waals surface area contributed by atoms with Gasteiger partial charge in [-0.15, -0.1) is 0 Å². The molecule has 108 valence electrons. The van der Waals surface area contributed by atoms with Crippen molar-refractivity contribution in [3.63, 3.8) is 0 Å². The molecule has 0 fully saturated rings. The van der Waals surface area contributed by atoms with Gasteiger partial charge in [0.2, 0.25) is 0 Å². The third kappa shape index (κ3) is 3.25. The van der Waals surface area contributed by atoms with Crippen LogP contribution < -0.4 is 4.74 Å². The third-order valence-corrected chi connectivity index (χ3v) is 5.05. The molecule has 0 saturated heterocycles. The summed E-state index contributed by atoms with van der Waals surface area (Å²) in [5, 5.41) is 0. The predicted molar refractivity (Wildman–Crippen MR) is 93.2 cm³/mol. The first-order valence-corrected chi connectivity index (χ1v) is 8.85. The van der Waals surface area contributed by atoms with E-state index in [1.807, 2.05) is 24.3 Å². The lowest BCUT2D eigenvalue weighted by atomic mass is 10.00. The minimum atomic E-state index is 0.0685. The van der Waals surface area contributed by atoms with E-state index in [0.29, 0.717) is 18.6 Å². The molecule has 0 radical (unpaired) electrons. The summed E-state index contributed by atoms with van der Waals surface area (Å²) in [6.45, 7) is 0.688. The fourth-order valence-electron chi connectivity index (χ4n) is 2.46. The zero-order chi connectivity index (χ0) is 15.0. The van der Waals surface area contributed by atoms with Crippen molar-refractivity contribution in [3.8, 4) is 5.75 Å². The summed E-state index contributed by atoms with van der Waals surface area (Å²) in [5.74, 6) is 0.941. The van der Waals surface area contributed by atoms with Crippen molar-refractivity contribution in [1.29, 1.82) is 0 Å². The SMILES string of the molecule is O=C(Cc1cc(Br)cc2c1OCC2)c1cc(Br)ccc1Br. The molecule has 1 aliphatic heterocycles. The van der Waals surface area contributed by atoms with Crippen molar-refractivity contribution < 1.29 is 9.53 Å². The van der Waals surface area contributed by atoms with Crippen LogP contribution in [-0.4, -0.2) is 12.4 Å². The molecule has 21 heavy (non-hydrogen) atoms. The number of Topliss-reactive ketones (excluding diaryl/α,β-unsaturated/α-hetero) is 1. The minimum Gasteiger partial charge on any atom is -0.493 e. The Hall–Kier alpha value is -0.650. The molecule has 3 rings (SSSR count). The minimum absolute atomic E-state index is 0.0685. The Bertz CT molecular complexity index is 726. The average molecular weight is 475 g/mol. The van der Waals surface area contributed by atoms with E-state index < -0.39 is 0 Å². The summed E-state index contributed by atoms with van der Waals surface area (Å²) in [6, 6.07) is 9.64. The normalized spacial score (nSPS) is 12.9. The van der Waals surface area contributed by atoms with Gasteiger partial charge < -0.3 is 4.74 Å². The van der Waals surface area contributed by atoms with Gasteiger partial charge in [-0.1, -0.05) is 47.8 Å². The van der Waals surface area contributed by atoms with Crippen LogP contribution in [0.4, 0.5) is 0 Å². The van der Waals surface area contributed by atoms with Crippen molar-refractivity contribution in [3.05, 3.63) is 60.4 Å².